The van der Waals surface area contributed by atoms with Crippen LogP contribution in [0.4, 0.5) is 0 Å². The van der Waals surface area contributed by atoms with Crippen LogP contribution in [0.3, 0.4) is 0 Å². The number of rotatable bonds is 36. The molecule has 1 N–H and O–H groups in total. The van der Waals surface area contributed by atoms with Crippen molar-refractivity contribution in [1.82, 2.24) is 4.86 Å². The molecule has 0 heterocycles. The fraction of sp³-hybridized carbons (Fsp3) is 0.583. The summed E-state index contributed by atoms with van der Waals surface area (Å²) in [4.78, 5) is 5.29. The van der Waals surface area contributed by atoms with Gasteiger partial charge in [0, 0.05) is 0 Å². The van der Waals surface area contributed by atoms with Gasteiger partial charge < -0.3 is 0 Å². The molecular weight excluding hydrogens is 1050 g/mol. The minimum Gasteiger partial charge on any atom is -0.154 e. The molecule has 0 spiro atoms. The fourth-order valence-corrected chi connectivity index (χ4v) is 47.4. The van der Waals surface area contributed by atoms with Crippen LogP contribution in [0.25, 0.3) is 0 Å². The summed E-state index contributed by atoms with van der Waals surface area (Å²) in [5.41, 5.74) is 2.09. The molecule has 0 unspecified atom stereocenters. The Hall–Kier alpha value is -2.21. The second kappa shape index (κ2) is 32.7. The largest absolute Gasteiger partial charge is 0.154 e. The first-order chi connectivity index (χ1) is 38.5. The Morgan fingerprint density at radius 3 is 0.937 bits per heavy atom. The topological polar surface area (TPSA) is 12.0 Å². The molecule has 0 saturated heterocycles. The van der Waals surface area contributed by atoms with Gasteiger partial charge >= 0.3 is 0 Å². The van der Waals surface area contributed by atoms with Crippen LogP contribution in [0.5, 0.6) is 0 Å². The Bertz CT molecular complexity index is 2310. The van der Waals surface area contributed by atoms with Gasteiger partial charge in [-0.15, -0.1) is 0 Å². The third kappa shape index (κ3) is 15.6. The van der Waals surface area contributed by atoms with Crippen molar-refractivity contribution >= 4 is 89.7 Å². The first-order valence-electron chi connectivity index (χ1n) is 33.4. The third-order valence-electron chi connectivity index (χ3n) is 19.7. The summed E-state index contributed by atoms with van der Waals surface area (Å²) in [6.45, 7) is 29.8. The predicted octanol–water partition coefficient (Wildman–Crippen LogP) is 19.5. The summed E-state index contributed by atoms with van der Waals surface area (Å²) >= 11 is 0. The lowest BCUT2D eigenvalue weighted by atomic mass is 9.84. The van der Waals surface area contributed by atoms with E-state index in [9.17, 15) is 0 Å². The molecule has 7 heteroatoms. The zero-order chi connectivity index (χ0) is 56.8. The highest BCUT2D eigenvalue weighted by Crippen LogP contribution is 2.66. The van der Waals surface area contributed by atoms with Crippen molar-refractivity contribution in [1.29, 1.82) is 0 Å². The van der Waals surface area contributed by atoms with Crippen molar-refractivity contribution < 1.29 is 0 Å². The van der Waals surface area contributed by atoms with E-state index in [2.05, 4.69) is 210 Å². The van der Waals surface area contributed by atoms with Crippen LogP contribution in [-0.2, 0) is 0 Å². The summed E-state index contributed by atoms with van der Waals surface area (Å²) in [7, 11) is -10.6. The van der Waals surface area contributed by atoms with Crippen molar-refractivity contribution in [3.8, 4) is 0 Å². The Balaban J connectivity index is 1.80. The van der Waals surface area contributed by atoms with Crippen molar-refractivity contribution in [3.05, 3.63) is 133 Å². The number of benzene rings is 5. The van der Waals surface area contributed by atoms with E-state index in [1.54, 1.807) is 47.5 Å². The normalized spacial score (nSPS) is 15.8. The molecule has 5 aromatic rings. The molecule has 0 aromatic heterocycles. The first kappa shape index (κ1) is 65.9. The quantitative estimate of drug-likeness (QED) is 0.0311. The van der Waals surface area contributed by atoms with Gasteiger partial charge in [-0.3, -0.25) is 0 Å². The Morgan fingerprint density at radius 1 is 0.342 bits per heavy atom. The van der Waals surface area contributed by atoms with Crippen LogP contribution in [0.2, 0.25) is 72.5 Å². The average Bonchev–Trinajstić information content (AvgIpc) is 3.55. The number of hydrogen-bond donors (Lipinski definition) is 1. The van der Waals surface area contributed by atoms with Crippen molar-refractivity contribution in [2.45, 2.75) is 270 Å². The Kier molecular flexibility index (Phi) is 27.3. The smallest absolute Gasteiger partial charge is 0.153 e. The van der Waals surface area contributed by atoms with Crippen LogP contribution < -0.4 is 46.8 Å². The zero-order valence-electron chi connectivity index (χ0n) is 53.0. The van der Waals surface area contributed by atoms with Gasteiger partial charge in [-0.25, -0.2) is 0 Å². The highest BCUT2D eigenvalue weighted by Gasteiger charge is 2.55. The zero-order valence-corrected chi connectivity index (χ0v) is 58.8. The van der Waals surface area contributed by atoms with Crippen LogP contribution in [0.15, 0.2) is 127 Å². The molecule has 1 nitrogen and oxygen atoms in total. The highest BCUT2D eigenvalue weighted by molar-refractivity contribution is 7.96. The Morgan fingerprint density at radius 2 is 0.633 bits per heavy atom. The van der Waals surface area contributed by atoms with Gasteiger partial charge in [0.2, 0.25) is 0 Å². The van der Waals surface area contributed by atoms with E-state index in [1.165, 1.54) is 175 Å². The number of nitrogens with one attached hydrogen (secondary N) is 1. The van der Waals surface area contributed by atoms with E-state index in [-0.39, 0.29) is 0 Å². The Labute approximate surface area is 494 Å². The molecule has 434 valence electrons. The van der Waals surface area contributed by atoms with E-state index >= 15 is 0 Å². The molecule has 1 saturated carbocycles. The monoisotopic (exact) mass is 1170 g/mol. The SMILES string of the molecule is CCC[Si](CCC)(CCC)c1cccc(P(N[P+](c2cccc([Si](CCC)(CCC)CCC)c2)(c2cccc([Si](CCC)(CCC)CCC)c2)C2CCC(c3ccccc3)CC2)c2cccc([Si](CCC)(CCC)CCC)c2)c1. The minimum atomic E-state index is -2.43. The second-order valence-electron chi connectivity index (χ2n) is 25.4. The van der Waals surface area contributed by atoms with E-state index in [4.69, 9.17) is 4.86 Å². The van der Waals surface area contributed by atoms with Crippen molar-refractivity contribution in [2.24, 2.45) is 0 Å². The lowest BCUT2D eigenvalue weighted by Gasteiger charge is -2.42. The maximum Gasteiger partial charge on any atom is 0.153 e. The summed E-state index contributed by atoms with van der Waals surface area (Å²) in [5.74, 6) is 0.617. The molecule has 1 aliphatic carbocycles. The van der Waals surface area contributed by atoms with Crippen LogP contribution >= 0.6 is 15.5 Å². The number of hydrogen-bond acceptors (Lipinski definition) is 1. The summed E-state index contributed by atoms with van der Waals surface area (Å²) < 4.78 is 0. The molecule has 0 atom stereocenters. The average molecular weight is 1170 g/mol. The third-order valence-corrected chi connectivity index (χ3v) is 50.8. The highest BCUT2D eigenvalue weighted by atomic mass is 31.2. The molecule has 0 aliphatic heterocycles. The summed E-state index contributed by atoms with van der Waals surface area (Å²) in [5, 5.41) is 13.5. The molecule has 0 radical (unpaired) electrons. The van der Waals surface area contributed by atoms with Gasteiger partial charge in [-0.2, -0.15) is 4.86 Å². The fourth-order valence-electron chi connectivity index (χ4n) is 16.7. The van der Waals surface area contributed by atoms with E-state index in [1.807, 2.05) is 0 Å². The van der Waals surface area contributed by atoms with Gasteiger partial charge in [0.05, 0.1) is 46.0 Å². The lowest BCUT2D eigenvalue weighted by molar-refractivity contribution is 0.448. The van der Waals surface area contributed by atoms with E-state index in [0.717, 1.165) is 0 Å². The second-order valence-corrected chi connectivity index (χ2v) is 49.7. The van der Waals surface area contributed by atoms with Crippen molar-refractivity contribution in [3.63, 3.8) is 0 Å². The molecule has 79 heavy (non-hydrogen) atoms. The van der Waals surface area contributed by atoms with Gasteiger partial charge in [-0.05, 0) is 72.0 Å². The molecular formula is C72H116NP2Si4+. The van der Waals surface area contributed by atoms with E-state index in [0.29, 0.717) is 11.6 Å². The minimum absolute atomic E-state index is 0.538. The molecule has 0 amide bonds. The van der Waals surface area contributed by atoms with Gasteiger partial charge in [-0.1, -0.05) is 357 Å². The van der Waals surface area contributed by atoms with Gasteiger partial charge in [0.15, 0.2) is 7.41 Å². The molecule has 6 rings (SSSR count). The van der Waals surface area contributed by atoms with Gasteiger partial charge in [0.25, 0.3) is 0 Å². The van der Waals surface area contributed by atoms with Crippen LogP contribution in [0, 0.1) is 0 Å². The van der Waals surface area contributed by atoms with E-state index < -0.39 is 47.8 Å². The predicted molar refractivity (Wildman–Crippen MR) is 375 cm³/mol. The maximum atomic E-state index is 5.29. The first-order valence-corrected chi connectivity index (χ1v) is 47.1. The summed E-state index contributed by atoms with van der Waals surface area (Å²) in [6.07, 6.45) is 20.5. The molecule has 1 fully saturated rings. The van der Waals surface area contributed by atoms with Crippen molar-refractivity contribution in [2.75, 3.05) is 0 Å². The molecule has 0 bridgehead atoms. The van der Waals surface area contributed by atoms with Crippen LogP contribution in [0.1, 0.15) is 197 Å². The van der Waals surface area contributed by atoms with Crippen LogP contribution in [-0.4, -0.2) is 38.0 Å². The molecule has 1 aliphatic rings. The maximum absolute atomic E-state index is 5.29. The summed E-state index contributed by atoms with van der Waals surface area (Å²) in [6, 6.07) is 71.6. The van der Waals surface area contributed by atoms with Gasteiger partial charge in [0.1, 0.15) is 10.6 Å². The standard InChI is InChI=1S/C72H116NP2Si4/c1-13-46-76(47-14-2,48-15-3)69-38-28-34-64(58-69)74(65-35-29-39-70(59-65)77(49-16-4,50-17-5)51-18-6)73-75(66-44-42-63(43-45-66)62-32-26-25-27-33-62,67-36-30-40-71(60-67)78(52-19-7,53-20-8)54-21-9)68-37-31-41-72(61-68)79(55-22-10,56-23-11)57-24-12/h25-41,58-61,63,66,73H,13-24,42-57H2,1-12H3/q+1. The lowest BCUT2D eigenvalue weighted by Crippen LogP contribution is -2.51. The molecule has 5 aromatic carbocycles.